The molecule has 1 aliphatic rings. The number of hydrogen-bond acceptors (Lipinski definition) is 2. The van der Waals surface area contributed by atoms with Crippen LogP contribution in [-0.2, 0) is 19.4 Å². The maximum Gasteiger partial charge on any atom is 0.120 e. The molecule has 3 rings (SSSR count). The predicted molar refractivity (Wildman–Crippen MR) is 75.8 cm³/mol. The molecule has 3 nitrogen and oxygen atoms in total. The van der Waals surface area contributed by atoms with Gasteiger partial charge in [0.1, 0.15) is 5.75 Å². The van der Waals surface area contributed by atoms with Crippen LogP contribution < -0.4 is 10.9 Å². The fraction of sp³-hybridized carbons (Fsp3) is 0.467. The number of hydrogen-bond donors (Lipinski definition) is 1. The summed E-state index contributed by atoms with van der Waals surface area (Å²) in [5.41, 5.74) is 4.50. The Balaban J connectivity index is 0.00000120. The lowest BCUT2D eigenvalue weighted by atomic mass is 10.1. The van der Waals surface area contributed by atoms with Crippen molar-refractivity contribution in [3.05, 3.63) is 29.5 Å². The fourth-order valence-electron chi connectivity index (χ4n) is 3.06. The molecule has 0 unspecified atom stereocenters. The van der Waals surface area contributed by atoms with Crippen molar-refractivity contribution in [1.29, 1.82) is 0 Å². The van der Waals surface area contributed by atoms with Crippen molar-refractivity contribution in [1.82, 2.24) is 10.7 Å². The number of aromatic nitrogens is 1. The first-order chi connectivity index (χ1) is 8.35. The van der Waals surface area contributed by atoms with E-state index in [0.29, 0.717) is 0 Å². The molecule has 1 aliphatic carbocycles. The van der Waals surface area contributed by atoms with E-state index in [1.807, 2.05) is 0 Å². The Morgan fingerprint density at radius 3 is 2.83 bits per heavy atom. The standard InChI is InChI=1S/C15H19NO.H3N/c1-3-9-16-14-6-4-5-12(14)13-8-7-11(17-2)10-15(13)16;/h7-8,10H,3-6,9H2,1-2H3;1H3. The molecule has 0 amide bonds. The van der Waals surface area contributed by atoms with Crippen LogP contribution in [0.15, 0.2) is 18.2 Å². The average Bonchev–Trinajstić information content (AvgIpc) is 2.92. The van der Waals surface area contributed by atoms with Crippen LogP contribution in [0.25, 0.3) is 10.9 Å². The number of rotatable bonds is 3. The molecule has 0 fully saturated rings. The highest BCUT2D eigenvalue weighted by Crippen LogP contribution is 2.34. The van der Waals surface area contributed by atoms with E-state index in [9.17, 15) is 0 Å². The first kappa shape index (κ1) is 13.0. The number of methoxy groups -OCH3 is 1. The molecule has 3 N–H and O–H groups in total. The molecule has 0 atom stereocenters. The summed E-state index contributed by atoms with van der Waals surface area (Å²) in [6.07, 6.45) is 4.99. The molecule has 0 saturated heterocycles. The highest BCUT2D eigenvalue weighted by atomic mass is 16.5. The Morgan fingerprint density at radius 2 is 2.11 bits per heavy atom. The second-order valence-corrected chi connectivity index (χ2v) is 4.81. The topological polar surface area (TPSA) is 49.2 Å². The molecule has 0 radical (unpaired) electrons. The first-order valence-electron chi connectivity index (χ1n) is 6.53. The van der Waals surface area contributed by atoms with E-state index in [1.54, 1.807) is 18.4 Å². The normalized spacial score (nSPS) is 13.4. The van der Waals surface area contributed by atoms with Crippen molar-refractivity contribution in [2.75, 3.05) is 7.11 Å². The van der Waals surface area contributed by atoms with Gasteiger partial charge in [-0.05, 0) is 43.4 Å². The van der Waals surface area contributed by atoms with Gasteiger partial charge >= 0.3 is 0 Å². The second kappa shape index (κ2) is 5.02. The van der Waals surface area contributed by atoms with Gasteiger partial charge in [0, 0.05) is 23.7 Å². The van der Waals surface area contributed by atoms with Crippen LogP contribution in [0.3, 0.4) is 0 Å². The Kier molecular flexibility index (Phi) is 3.62. The first-order valence-corrected chi connectivity index (χ1v) is 6.53. The summed E-state index contributed by atoms with van der Waals surface area (Å²) in [6, 6.07) is 6.49. The highest BCUT2D eigenvalue weighted by Gasteiger charge is 2.21. The van der Waals surface area contributed by atoms with Crippen molar-refractivity contribution >= 4 is 10.9 Å². The number of benzene rings is 1. The predicted octanol–water partition coefficient (Wildman–Crippen LogP) is 3.71. The largest absolute Gasteiger partial charge is 0.497 e. The van der Waals surface area contributed by atoms with Gasteiger partial charge in [-0.15, -0.1) is 0 Å². The summed E-state index contributed by atoms with van der Waals surface area (Å²) in [4.78, 5) is 0. The van der Waals surface area contributed by atoms with Crippen LogP contribution in [0.1, 0.15) is 31.0 Å². The Morgan fingerprint density at radius 1 is 1.28 bits per heavy atom. The molecule has 0 aliphatic heterocycles. The van der Waals surface area contributed by atoms with E-state index in [4.69, 9.17) is 4.74 Å². The van der Waals surface area contributed by atoms with Crippen LogP contribution in [0.2, 0.25) is 0 Å². The van der Waals surface area contributed by atoms with Crippen LogP contribution in [0.4, 0.5) is 0 Å². The van der Waals surface area contributed by atoms with Crippen molar-refractivity contribution < 1.29 is 4.74 Å². The lowest BCUT2D eigenvalue weighted by Crippen LogP contribution is -2.01. The third-order valence-electron chi connectivity index (χ3n) is 3.78. The van der Waals surface area contributed by atoms with Gasteiger partial charge in [-0.2, -0.15) is 0 Å². The molecule has 1 heterocycles. The van der Waals surface area contributed by atoms with Gasteiger partial charge in [-0.1, -0.05) is 6.92 Å². The number of nitrogens with zero attached hydrogens (tertiary/aromatic N) is 1. The monoisotopic (exact) mass is 246 g/mol. The molecule has 0 bridgehead atoms. The third-order valence-corrected chi connectivity index (χ3v) is 3.78. The molecule has 3 heteroatoms. The molecule has 2 aromatic rings. The van der Waals surface area contributed by atoms with Gasteiger partial charge in [-0.25, -0.2) is 0 Å². The zero-order valence-corrected chi connectivity index (χ0v) is 11.3. The fourth-order valence-corrected chi connectivity index (χ4v) is 3.06. The van der Waals surface area contributed by atoms with Crippen LogP contribution in [0.5, 0.6) is 5.75 Å². The van der Waals surface area contributed by atoms with Crippen molar-refractivity contribution in [2.45, 2.75) is 39.2 Å². The van der Waals surface area contributed by atoms with Gasteiger partial charge in [0.05, 0.1) is 12.6 Å². The van der Waals surface area contributed by atoms with E-state index in [0.717, 1.165) is 12.3 Å². The summed E-state index contributed by atoms with van der Waals surface area (Å²) >= 11 is 0. The highest BCUT2D eigenvalue weighted by molar-refractivity contribution is 5.87. The lowest BCUT2D eigenvalue weighted by Gasteiger charge is -2.08. The Hall–Kier alpha value is -1.48. The number of ether oxygens (including phenoxy) is 1. The summed E-state index contributed by atoms with van der Waals surface area (Å²) in [7, 11) is 1.74. The zero-order valence-electron chi connectivity index (χ0n) is 11.3. The Bertz CT molecular complexity index is 557. The van der Waals surface area contributed by atoms with Gasteiger partial charge < -0.3 is 15.5 Å². The number of aryl methyl sites for hydroxylation is 2. The maximum atomic E-state index is 5.34. The van der Waals surface area contributed by atoms with Gasteiger partial charge in [0.2, 0.25) is 0 Å². The smallest absolute Gasteiger partial charge is 0.120 e. The zero-order chi connectivity index (χ0) is 11.8. The summed E-state index contributed by atoms with van der Waals surface area (Å²) < 4.78 is 7.84. The minimum Gasteiger partial charge on any atom is -0.497 e. The van der Waals surface area contributed by atoms with E-state index in [-0.39, 0.29) is 6.15 Å². The summed E-state index contributed by atoms with van der Waals surface area (Å²) in [5.74, 6) is 0.964. The van der Waals surface area contributed by atoms with Gasteiger partial charge in [-0.3, -0.25) is 0 Å². The SMILES string of the molecule is CCCn1c2c(c3ccc(OC)cc31)CCC2.N. The molecule has 98 valence electrons. The van der Waals surface area contributed by atoms with E-state index < -0.39 is 0 Å². The molecule has 0 spiro atoms. The number of fused-ring (bicyclic) bond motifs is 3. The lowest BCUT2D eigenvalue weighted by molar-refractivity contribution is 0.415. The van der Waals surface area contributed by atoms with E-state index in [2.05, 4.69) is 29.7 Å². The molecule has 0 saturated carbocycles. The van der Waals surface area contributed by atoms with Crippen LogP contribution >= 0.6 is 0 Å². The van der Waals surface area contributed by atoms with Crippen LogP contribution in [0, 0.1) is 0 Å². The summed E-state index contributed by atoms with van der Waals surface area (Å²) in [6.45, 7) is 3.37. The van der Waals surface area contributed by atoms with Gasteiger partial charge in [0.15, 0.2) is 0 Å². The molecule has 1 aromatic carbocycles. The molecule has 1 aromatic heterocycles. The minimum atomic E-state index is 0. The molecular formula is C15H22N2O. The Labute approximate surface area is 108 Å². The minimum absolute atomic E-state index is 0. The maximum absolute atomic E-state index is 5.34. The van der Waals surface area contributed by atoms with Crippen molar-refractivity contribution in [3.63, 3.8) is 0 Å². The van der Waals surface area contributed by atoms with E-state index in [1.165, 1.54) is 36.6 Å². The van der Waals surface area contributed by atoms with Crippen LogP contribution in [-0.4, -0.2) is 11.7 Å². The van der Waals surface area contributed by atoms with Crippen molar-refractivity contribution in [3.8, 4) is 5.75 Å². The van der Waals surface area contributed by atoms with Gasteiger partial charge in [0.25, 0.3) is 0 Å². The summed E-state index contributed by atoms with van der Waals surface area (Å²) in [5, 5.41) is 1.44. The quantitative estimate of drug-likeness (QED) is 0.897. The molecule has 18 heavy (non-hydrogen) atoms. The third kappa shape index (κ3) is 1.79. The van der Waals surface area contributed by atoms with E-state index >= 15 is 0 Å². The second-order valence-electron chi connectivity index (χ2n) is 4.81. The molecular weight excluding hydrogens is 224 g/mol. The average molecular weight is 246 g/mol. The van der Waals surface area contributed by atoms with Crippen molar-refractivity contribution in [2.24, 2.45) is 0 Å².